The fourth-order valence-electron chi connectivity index (χ4n) is 3.56. The van der Waals surface area contributed by atoms with Crippen molar-refractivity contribution in [3.63, 3.8) is 0 Å². The SMILES string of the molecule is N=C(N)c1ccc(-c2cn(-c3ccc(CCC(=O)O)cc3)c(=O)n2-c2ccccc2)cc1. The van der Waals surface area contributed by atoms with Gasteiger partial charge in [0.1, 0.15) is 5.84 Å². The van der Waals surface area contributed by atoms with Crippen molar-refractivity contribution in [2.24, 2.45) is 5.73 Å². The number of carbonyl (C=O) groups is 1. The van der Waals surface area contributed by atoms with E-state index in [4.69, 9.17) is 16.2 Å². The van der Waals surface area contributed by atoms with Gasteiger partial charge in [-0.25, -0.2) is 4.79 Å². The van der Waals surface area contributed by atoms with E-state index < -0.39 is 5.97 Å². The van der Waals surface area contributed by atoms with Crippen molar-refractivity contribution in [2.45, 2.75) is 12.8 Å². The summed E-state index contributed by atoms with van der Waals surface area (Å²) in [6.45, 7) is 0. The Bertz CT molecular complexity index is 1320. The molecule has 7 heteroatoms. The Hall–Kier alpha value is -4.39. The summed E-state index contributed by atoms with van der Waals surface area (Å²) in [6.07, 6.45) is 2.28. The quantitative estimate of drug-likeness (QED) is 0.309. The lowest BCUT2D eigenvalue weighted by atomic mass is 10.1. The van der Waals surface area contributed by atoms with Crippen LogP contribution in [0.2, 0.25) is 0 Å². The second-order valence-electron chi connectivity index (χ2n) is 7.39. The first-order valence-corrected chi connectivity index (χ1v) is 10.1. The highest BCUT2D eigenvalue weighted by Crippen LogP contribution is 2.24. The lowest BCUT2D eigenvalue weighted by molar-refractivity contribution is -0.136. The average Bonchev–Trinajstić information content (AvgIpc) is 3.15. The number of hydrogen-bond acceptors (Lipinski definition) is 3. The van der Waals surface area contributed by atoms with E-state index in [1.54, 1.807) is 27.5 Å². The molecule has 32 heavy (non-hydrogen) atoms. The summed E-state index contributed by atoms with van der Waals surface area (Å²) in [5.41, 5.74) is 9.79. The molecule has 0 saturated carbocycles. The average molecular weight is 426 g/mol. The standard InChI is InChI=1S/C25H22N4O3/c26-24(27)19-11-9-18(10-12-19)22-16-28(25(32)29(22)21-4-2-1-3-5-21)20-13-6-17(7-14-20)8-15-23(30)31/h1-7,9-14,16H,8,15H2,(H3,26,27)(H,30,31). The van der Waals surface area contributed by atoms with E-state index in [1.165, 1.54) is 0 Å². The maximum absolute atomic E-state index is 13.4. The summed E-state index contributed by atoms with van der Waals surface area (Å²) in [4.78, 5) is 24.2. The molecule has 0 bridgehead atoms. The second-order valence-corrected chi connectivity index (χ2v) is 7.39. The van der Waals surface area contributed by atoms with Gasteiger partial charge >= 0.3 is 11.7 Å². The topological polar surface area (TPSA) is 114 Å². The largest absolute Gasteiger partial charge is 0.481 e. The highest BCUT2D eigenvalue weighted by molar-refractivity contribution is 5.95. The Morgan fingerprint density at radius 1 is 0.906 bits per heavy atom. The molecule has 7 nitrogen and oxygen atoms in total. The predicted molar refractivity (Wildman–Crippen MR) is 124 cm³/mol. The lowest BCUT2D eigenvalue weighted by Crippen LogP contribution is -2.22. The van der Waals surface area contributed by atoms with E-state index in [-0.39, 0.29) is 17.9 Å². The molecular weight excluding hydrogens is 404 g/mol. The number of hydrogen-bond donors (Lipinski definition) is 3. The number of carboxylic acids is 1. The first-order chi connectivity index (χ1) is 15.4. The number of amidine groups is 1. The van der Waals surface area contributed by atoms with E-state index in [9.17, 15) is 9.59 Å². The van der Waals surface area contributed by atoms with Crippen LogP contribution in [0.4, 0.5) is 0 Å². The van der Waals surface area contributed by atoms with Crippen LogP contribution in [-0.4, -0.2) is 26.0 Å². The minimum atomic E-state index is -0.842. The van der Waals surface area contributed by atoms with E-state index >= 15 is 0 Å². The molecule has 0 atom stereocenters. The van der Waals surface area contributed by atoms with Gasteiger partial charge in [0.05, 0.1) is 17.1 Å². The van der Waals surface area contributed by atoms with Crippen LogP contribution in [0.5, 0.6) is 0 Å². The third-order valence-electron chi connectivity index (χ3n) is 5.24. The number of nitrogens with one attached hydrogen (secondary N) is 1. The molecule has 0 aliphatic rings. The number of aryl methyl sites for hydroxylation is 1. The number of nitrogens with zero attached hydrogens (tertiary/aromatic N) is 2. The third kappa shape index (κ3) is 4.22. The maximum atomic E-state index is 13.4. The number of para-hydroxylation sites is 1. The lowest BCUT2D eigenvalue weighted by Gasteiger charge is -2.08. The molecule has 0 fully saturated rings. The fourth-order valence-corrected chi connectivity index (χ4v) is 3.56. The van der Waals surface area contributed by atoms with Crippen molar-refractivity contribution in [3.05, 3.63) is 107 Å². The molecule has 4 N–H and O–H groups in total. The Kier molecular flexibility index (Phi) is 5.72. The molecule has 0 aliphatic carbocycles. The zero-order valence-electron chi connectivity index (χ0n) is 17.2. The summed E-state index contributed by atoms with van der Waals surface area (Å²) in [5, 5.41) is 16.5. The van der Waals surface area contributed by atoms with Crippen LogP contribution in [0.25, 0.3) is 22.6 Å². The van der Waals surface area contributed by atoms with Crippen LogP contribution < -0.4 is 11.4 Å². The summed E-state index contributed by atoms with van der Waals surface area (Å²) >= 11 is 0. The van der Waals surface area contributed by atoms with Gasteiger partial charge in [0.25, 0.3) is 0 Å². The monoisotopic (exact) mass is 426 g/mol. The van der Waals surface area contributed by atoms with Gasteiger partial charge in [-0.15, -0.1) is 0 Å². The zero-order valence-corrected chi connectivity index (χ0v) is 17.2. The first-order valence-electron chi connectivity index (χ1n) is 10.1. The van der Waals surface area contributed by atoms with Gasteiger partial charge in [-0.1, -0.05) is 54.6 Å². The number of aliphatic carboxylic acids is 1. The summed E-state index contributed by atoms with van der Waals surface area (Å²) in [5.74, 6) is -0.858. The van der Waals surface area contributed by atoms with Crippen LogP contribution in [0.1, 0.15) is 17.5 Å². The van der Waals surface area contributed by atoms with Gasteiger partial charge in [0.2, 0.25) is 0 Å². The Balaban J connectivity index is 1.80. The van der Waals surface area contributed by atoms with Crippen molar-refractivity contribution < 1.29 is 9.90 Å². The molecule has 4 rings (SSSR count). The van der Waals surface area contributed by atoms with Crippen molar-refractivity contribution in [2.75, 3.05) is 0 Å². The number of aromatic nitrogens is 2. The van der Waals surface area contributed by atoms with Gasteiger partial charge in [-0.05, 0) is 36.2 Å². The highest BCUT2D eigenvalue weighted by Gasteiger charge is 2.16. The van der Waals surface area contributed by atoms with E-state index in [0.717, 1.165) is 16.8 Å². The Morgan fingerprint density at radius 2 is 1.56 bits per heavy atom. The van der Waals surface area contributed by atoms with Gasteiger partial charge in [-0.3, -0.25) is 19.3 Å². The van der Waals surface area contributed by atoms with E-state index in [0.29, 0.717) is 23.4 Å². The number of benzene rings is 3. The third-order valence-corrected chi connectivity index (χ3v) is 5.24. The molecular formula is C25H22N4O3. The Labute approximate surface area is 184 Å². The molecule has 0 unspecified atom stereocenters. The number of nitrogens with two attached hydrogens (primary N) is 1. The molecule has 0 spiro atoms. The normalized spacial score (nSPS) is 10.8. The summed E-state index contributed by atoms with van der Waals surface area (Å²) in [7, 11) is 0. The molecule has 4 aromatic rings. The van der Waals surface area contributed by atoms with Crippen molar-refractivity contribution in [3.8, 4) is 22.6 Å². The van der Waals surface area contributed by atoms with E-state index in [2.05, 4.69) is 0 Å². The van der Waals surface area contributed by atoms with Crippen LogP contribution in [0.3, 0.4) is 0 Å². The Morgan fingerprint density at radius 3 is 2.16 bits per heavy atom. The van der Waals surface area contributed by atoms with Crippen LogP contribution in [-0.2, 0) is 11.2 Å². The molecule has 0 aliphatic heterocycles. The summed E-state index contributed by atoms with van der Waals surface area (Å²) in [6, 6.07) is 23.9. The highest BCUT2D eigenvalue weighted by atomic mass is 16.4. The van der Waals surface area contributed by atoms with Gasteiger partial charge in [0.15, 0.2) is 0 Å². The van der Waals surface area contributed by atoms with Crippen LogP contribution >= 0.6 is 0 Å². The smallest absolute Gasteiger partial charge is 0.337 e. The number of rotatable bonds is 7. The zero-order chi connectivity index (χ0) is 22.7. The van der Waals surface area contributed by atoms with Gasteiger partial charge < -0.3 is 10.8 Å². The maximum Gasteiger partial charge on any atom is 0.337 e. The predicted octanol–water partition coefficient (Wildman–Crippen LogP) is 3.60. The summed E-state index contributed by atoms with van der Waals surface area (Å²) < 4.78 is 3.21. The minimum absolute atomic E-state index is 0.0162. The molecule has 1 aromatic heterocycles. The number of carboxylic acid groups (broad SMARTS) is 1. The van der Waals surface area contributed by atoms with Crippen molar-refractivity contribution >= 4 is 11.8 Å². The number of imidazole rings is 1. The number of nitrogen functional groups attached to an aromatic ring is 1. The van der Waals surface area contributed by atoms with Crippen LogP contribution in [0, 0.1) is 5.41 Å². The van der Waals surface area contributed by atoms with Crippen LogP contribution in [0.15, 0.2) is 89.9 Å². The molecule has 3 aromatic carbocycles. The van der Waals surface area contributed by atoms with Gasteiger partial charge in [0, 0.05) is 23.7 Å². The molecule has 160 valence electrons. The van der Waals surface area contributed by atoms with Crippen molar-refractivity contribution in [1.29, 1.82) is 5.41 Å². The molecule has 0 saturated heterocycles. The van der Waals surface area contributed by atoms with Crippen molar-refractivity contribution in [1.82, 2.24) is 9.13 Å². The fraction of sp³-hybridized carbons (Fsp3) is 0.0800. The van der Waals surface area contributed by atoms with Gasteiger partial charge in [-0.2, -0.15) is 0 Å². The molecule has 0 radical (unpaired) electrons. The first kappa shape index (κ1) is 20.9. The van der Waals surface area contributed by atoms with E-state index in [1.807, 2.05) is 66.7 Å². The molecule has 0 amide bonds. The molecule has 1 heterocycles. The minimum Gasteiger partial charge on any atom is -0.481 e. The second kappa shape index (κ2) is 8.77.